The molecule has 19 heavy (non-hydrogen) atoms. The second-order valence-corrected chi connectivity index (χ2v) is 6.48. The van der Waals surface area contributed by atoms with Crippen molar-refractivity contribution in [3.8, 4) is 0 Å². The molecule has 0 aliphatic heterocycles. The molecule has 0 heterocycles. The van der Waals surface area contributed by atoms with Crippen molar-refractivity contribution >= 4 is 23.4 Å². The first-order valence-electron chi connectivity index (χ1n) is 6.77. The second-order valence-electron chi connectivity index (χ2n) is 5.21. The number of carbonyl (C=O) groups is 1. The van der Waals surface area contributed by atoms with Crippen molar-refractivity contribution < 1.29 is 4.79 Å². The van der Waals surface area contributed by atoms with Crippen LogP contribution >= 0.6 is 11.8 Å². The highest BCUT2D eigenvalue weighted by molar-refractivity contribution is 8.00. The summed E-state index contributed by atoms with van der Waals surface area (Å²) >= 11 is 1.92. The average molecular weight is 278 g/mol. The minimum atomic E-state index is 0.0323. The van der Waals surface area contributed by atoms with Crippen LogP contribution in [0.5, 0.6) is 0 Å². The van der Waals surface area contributed by atoms with Gasteiger partial charge in [-0.1, -0.05) is 24.6 Å². The molecule has 1 fully saturated rings. The summed E-state index contributed by atoms with van der Waals surface area (Å²) in [6.07, 6.45) is 6.01. The molecule has 1 aromatic carbocycles. The second kappa shape index (κ2) is 6.44. The minimum absolute atomic E-state index is 0.0323. The maximum absolute atomic E-state index is 11.9. The molecule has 0 atom stereocenters. The Morgan fingerprint density at radius 2 is 2.11 bits per heavy atom. The van der Waals surface area contributed by atoms with Gasteiger partial charge in [-0.05, 0) is 37.7 Å². The molecule has 1 amide bonds. The zero-order valence-electron chi connectivity index (χ0n) is 11.7. The largest absolute Gasteiger partial charge is 0.325 e. The van der Waals surface area contributed by atoms with E-state index in [0.29, 0.717) is 11.3 Å². The molecule has 4 heteroatoms. The van der Waals surface area contributed by atoms with Crippen LogP contribution < -0.4 is 10.6 Å². The van der Waals surface area contributed by atoms with E-state index in [-0.39, 0.29) is 5.91 Å². The highest BCUT2D eigenvalue weighted by Crippen LogP contribution is 2.42. The van der Waals surface area contributed by atoms with Gasteiger partial charge in [0.25, 0.3) is 0 Å². The standard InChI is InChI=1S/C15H22N2OS/c1-12-6-3-4-7-13(12)17-14(18)10-16-11-15(19-2)8-5-9-15/h3-4,6-7,16H,5,8-11H2,1-2H3,(H,17,18). The highest BCUT2D eigenvalue weighted by atomic mass is 32.2. The van der Waals surface area contributed by atoms with E-state index >= 15 is 0 Å². The van der Waals surface area contributed by atoms with E-state index in [2.05, 4.69) is 16.9 Å². The normalized spacial score (nSPS) is 16.7. The quantitative estimate of drug-likeness (QED) is 0.840. The number of hydrogen-bond donors (Lipinski definition) is 2. The summed E-state index contributed by atoms with van der Waals surface area (Å²) in [4.78, 5) is 11.9. The molecule has 1 aromatic rings. The first-order valence-corrected chi connectivity index (χ1v) is 7.99. The number of benzene rings is 1. The Kier molecular flexibility index (Phi) is 4.88. The van der Waals surface area contributed by atoms with Gasteiger partial charge < -0.3 is 10.6 Å². The van der Waals surface area contributed by atoms with Crippen LogP contribution in [0.3, 0.4) is 0 Å². The fraction of sp³-hybridized carbons (Fsp3) is 0.533. The van der Waals surface area contributed by atoms with Crippen LogP contribution in [0.1, 0.15) is 24.8 Å². The van der Waals surface area contributed by atoms with E-state index in [1.807, 2.05) is 43.0 Å². The summed E-state index contributed by atoms with van der Waals surface area (Å²) in [7, 11) is 0. The van der Waals surface area contributed by atoms with Crippen LogP contribution in [0.15, 0.2) is 24.3 Å². The van der Waals surface area contributed by atoms with E-state index in [0.717, 1.165) is 17.8 Å². The third-order valence-electron chi connectivity index (χ3n) is 3.85. The smallest absolute Gasteiger partial charge is 0.238 e. The summed E-state index contributed by atoms with van der Waals surface area (Å²) in [5, 5.41) is 6.23. The van der Waals surface area contributed by atoms with Crippen molar-refractivity contribution in [1.82, 2.24) is 5.32 Å². The van der Waals surface area contributed by atoms with Gasteiger partial charge >= 0.3 is 0 Å². The Hall–Kier alpha value is -1.00. The van der Waals surface area contributed by atoms with Gasteiger partial charge in [0.15, 0.2) is 0 Å². The average Bonchev–Trinajstić information content (AvgIpc) is 2.35. The summed E-state index contributed by atoms with van der Waals surface area (Å²) in [5.41, 5.74) is 1.99. The SMILES string of the molecule is CSC1(CNCC(=O)Nc2ccccc2C)CCC1. The number of amides is 1. The number of anilines is 1. The zero-order chi connectivity index (χ0) is 13.7. The lowest BCUT2D eigenvalue weighted by Gasteiger charge is -2.40. The Morgan fingerprint density at radius 1 is 1.37 bits per heavy atom. The maximum atomic E-state index is 11.9. The van der Waals surface area contributed by atoms with Crippen LogP contribution in [0.25, 0.3) is 0 Å². The third-order valence-corrected chi connectivity index (χ3v) is 5.27. The first-order chi connectivity index (χ1) is 9.15. The van der Waals surface area contributed by atoms with Crippen LogP contribution in [0, 0.1) is 6.92 Å². The zero-order valence-corrected chi connectivity index (χ0v) is 12.5. The van der Waals surface area contributed by atoms with Gasteiger partial charge in [-0.15, -0.1) is 0 Å². The van der Waals surface area contributed by atoms with Crippen LogP contribution in [-0.2, 0) is 4.79 Å². The van der Waals surface area contributed by atoms with E-state index in [4.69, 9.17) is 0 Å². The van der Waals surface area contributed by atoms with Gasteiger partial charge in [0.05, 0.1) is 6.54 Å². The summed E-state index contributed by atoms with van der Waals surface area (Å²) in [6.45, 7) is 3.31. The number of nitrogens with one attached hydrogen (secondary N) is 2. The van der Waals surface area contributed by atoms with E-state index in [1.165, 1.54) is 19.3 Å². The van der Waals surface area contributed by atoms with Crippen molar-refractivity contribution in [2.45, 2.75) is 30.9 Å². The van der Waals surface area contributed by atoms with Gasteiger partial charge in [0, 0.05) is 17.0 Å². The first kappa shape index (κ1) is 14.4. The number of rotatable bonds is 6. The lowest BCUT2D eigenvalue weighted by atomic mass is 9.84. The van der Waals surface area contributed by atoms with Gasteiger partial charge in [-0.25, -0.2) is 0 Å². The fourth-order valence-electron chi connectivity index (χ4n) is 2.34. The summed E-state index contributed by atoms with van der Waals surface area (Å²) < 4.78 is 0.378. The number of thioether (sulfide) groups is 1. The number of aryl methyl sites for hydroxylation is 1. The summed E-state index contributed by atoms with van der Waals surface area (Å²) in [5.74, 6) is 0.0323. The van der Waals surface area contributed by atoms with Crippen LogP contribution in [0.4, 0.5) is 5.69 Å². The third kappa shape index (κ3) is 3.74. The van der Waals surface area contributed by atoms with Gasteiger partial charge in [0.1, 0.15) is 0 Å². The van der Waals surface area contributed by atoms with E-state index in [9.17, 15) is 4.79 Å². The highest BCUT2D eigenvalue weighted by Gasteiger charge is 2.35. The van der Waals surface area contributed by atoms with E-state index in [1.54, 1.807) is 0 Å². The number of carbonyl (C=O) groups excluding carboxylic acids is 1. The molecule has 1 aliphatic carbocycles. The van der Waals surface area contributed by atoms with Crippen molar-refractivity contribution in [2.75, 3.05) is 24.7 Å². The lowest BCUT2D eigenvalue weighted by Crippen LogP contribution is -2.45. The molecular weight excluding hydrogens is 256 g/mol. The monoisotopic (exact) mass is 278 g/mol. The van der Waals surface area contributed by atoms with Gasteiger partial charge in [-0.3, -0.25) is 4.79 Å². The fourth-order valence-corrected chi connectivity index (χ4v) is 3.28. The van der Waals surface area contributed by atoms with Crippen LogP contribution in [-0.4, -0.2) is 30.0 Å². The molecule has 0 radical (unpaired) electrons. The van der Waals surface area contributed by atoms with Crippen molar-refractivity contribution in [3.63, 3.8) is 0 Å². The molecular formula is C15H22N2OS. The van der Waals surface area contributed by atoms with Gasteiger partial charge in [-0.2, -0.15) is 11.8 Å². The van der Waals surface area contributed by atoms with Crippen LogP contribution in [0.2, 0.25) is 0 Å². The molecule has 3 nitrogen and oxygen atoms in total. The lowest BCUT2D eigenvalue weighted by molar-refractivity contribution is -0.115. The summed E-state index contributed by atoms with van der Waals surface area (Å²) in [6, 6.07) is 7.85. The Balaban J connectivity index is 1.75. The number of para-hydroxylation sites is 1. The minimum Gasteiger partial charge on any atom is -0.325 e. The predicted molar refractivity (Wildman–Crippen MR) is 82.8 cm³/mol. The molecule has 0 bridgehead atoms. The Labute approximate surface area is 119 Å². The molecule has 1 saturated carbocycles. The Bertz CT molecular complexity index is 438. The maximum Gasteiger partial charge on any atom is 0.238 e. The molecule has 104 valence electrons. The number of hydrogen-bond acceptors (Lipinski definition) is 3. The Morgan fingerprint density at radius 3 is 2.68 bits per heavy atom. The molecule has 2 rings (SSSR count). The predicted octanol–water partition coefficient (Wildman–Crippen LogP) is 2.81. The molecule has 0 unspecified atom stereocenters. The van der Waals surface area contributed by atoms with Crippen molar-refractivity contribution in [1.29, 1.82) is 0 Å². The molecule has 2 N–H and O–H groups in total. The van der Waals surface area contributed by atoms with Crippen molar-refractivity contribution in [3.05, 3.63) is 29.8 Å². The van der Waals surface area contributed by atoms with Crippen molar-refractivity contribution in [2.24, 2.45) is 0 Å². The molecule has 1 aliphatic rings. The molecule has 0 aromatic heterocycles. The van der Waals surface area contributed by atoms with Gasteiger partial charge in [0.2, 0.25) is 5.91 Å². The molecule has 0 spiro atoms. The topological polar surface area (TPSA) is 41.1 Å². The molecule has 0 saturated heterocycles. The van der Waals surface area contributed by atoms with E-state index < -0.39 is 0 Å².